The van der Waals surface area contributed by atoms with Crippen molar-refractivity contribution in [1.29, 1.82) is 0 Å². The summed E-state index contributed by atoms with van der Waals surface area (Å²) in [6, 6.07) is -2.57. The molecule has 42 heavy (non-hydrogen) atoms. The van der Waals surface area contributed by atoms with Gasteiger partial charge in [-0.1, -0.05) is 0 Å². The molecule has 0 spiro atoms. The summed E-state index contributed by atoms with van der Waals surface area (Å²) in [5.41, 5.74) is -6.81. The zero-order valence-electron chi connectivity index (χ0n) is 23.2. The highest BCUT2D eigenvalue weighted by Gasteiger charge is 2.71. The standard InChI is InChI=1S/C22H32F5N4O9PS/c1-9(2)38-15(33)11(5)29-41(42,30-12(6)16(34)39-10(3)4)37-8-21(18(24)25)17(35)22(26,27)19(40-21)31-7-13(23)14(32)28-20(31)36/h7,9-12,17-19,35H,8H2,1-6H3,(H,28,32,36)(H2,29,30,42)/t11-,12-,17+,19+,21+/m0/s1. The summed E-state index contributed by atoms with van der Waals surface area (Å²) in [5.74, 6) is -8.12. The summed E-state index contributed by atoms with van der Waals surface area (Å²) < 4.78 is 93.1. The Kier molecular flexibility index (Phi) is 11.6. The molecule has 5 atom stereocenters. The molecule has 0 unspecified atom stereocenters. The van der Waals surface area contributed by atoms with Crippen molar-refractivity contribution in [2.45, 2.75) is 96.1 Å². The Morgan fingerprint density at radius 1 is 1.10 bits per heavy atom. The first-order valence-corrected chi connectivity index (χ1v) is 15.1. The van der Waals surface area contributed by atoms with E-state index in [2.05, 4.69) is 10.2 Å². The molecule has 0 aliphatic carbocycles. The molecule has 1 saturated heterocycles. The lowest BCUT2D eigenvalue weighted by Crippen LogP contribution is -2.55. The third-order valence-electron chi connectivity index (χ3n) is 5.64. The molecule has 1 aromatic rings. The number of carbonyl (C=O) groups excluding carboxylic acids is 2. The second-order valence-corrected chi connectivity index (χ2v) is 13.4. The van der Waals surface area contributed by atoms with E-state index in [1.807, 2.05) is 0 Å². The Morgan fingerprint density at radius 2 is 1.57 bits per heavy atom. The van der Waals surface area contributed by atoms with E-state index in [-0.39, 0.29) is 10.8 Å². The number of rotatable bonds is 13. The smallest absolute Gasteiger partial charge is 0.330 e. The minimum absolute atomic E-state index is 0.00634. The quantitative estimate of drug-likeness (QED) is 0.137. The fraction of sp³-hybridized carbons (Fsp3) is 0.727. The van der Waals surface area contributed by atoms with Gasteiger partial charge in [-0.2, -0.15) is 13.2 Å². The average Bonchev–Trinajstić information content (AvgIpc) is 3.05. The van der Waals surface area contributed by atoms with Crippen LogP contribution >= 0.6 is 6.57 Å². The molecule has 1 fully saturated rings. The van der Waals surface area contributed by atoms with Crippen LogP contribution in [-0.4, -0.2) is 81.5 Å². The SMILES string of the molecule is CC(C)OC(=O)[C@H](C)NP(=S)(N[C@@H](C)C(=O)OC(C)C)OC[C@@]1(C(F)F)O[C@@H](n2cc(F)c(=O)[nH]c2=O)C(F)(F)[C@@H]1O. The summed E-state index contributed by atoms with van der Waals surface area (Å²) in [4.78, 5) is 49.6. The largest absolute Gasteiger partial charge is 0.462 e. The first-order chi connectivity index (χ1) is 19.2. The van der Waals surface area contributed by atoms with E-state index in [9.17, 15) is 37.5 Å². The topological polar surface area (TPSA) is 170 Å². The number of halogens is 5. The van der Waals surface area contributed by atoms with Crippen molar-refractivity contribution in [1.82, 2.24) is 19.7 Å². The van der Waals surface area contributed by atoms with Crippen LogP contribution in [-0.2, 0) is 40.1 Å². The van der Waals surface area contributed by atoms with Crippen molar-refractivity contribution in [3.05, 3.63) is 32.9 Å². The first-order valence-electron chi connectivity index (χ1n) is 12.4. The van der Waals surface area contributed by atoms with Crippen molar-refractivity contribution in [3.8, 4) is 0 Å². The number of nitrogens with one attached hydrogen (secondary N) is 3. The van der Waals surface area contributed by atoms with Crippen molar-refractivity contribution in [2.75, 3.05) is 6.61 Å². The van der Waals surface area contributed by atoms with Crippen LogP contribution in [0, 0.1) is 5.82 Å². The van der Waals surface area contributed by atoms with Crippen LogP contribution in [0.2, 0.25) is 0 Å². The van der Waals surface area contributed by atoms with Crippen molar-refractivity contribution in [2.24, 2.45) is 0 Å². The Morgan fingerprint density at radius 3 is 2.00 bits per heavy atom. The number of aromatic amines is 1. The molecule has 0 amide bonds. The number of hydrogen-bond donors (Lipinski definition) is 4. The number of aromatic nitrogens is 2. The van der Waals surface area contributed by atoms with Crippen LogP contribution in [0.25, 0.3) is 0 Å². The maximum atomic E-state index is 15.1. The Bertz CT molecular complexity index is 1280. The van der Waals surface area contributed by atoms with Gasteiger partial charge in [-0.05, 0) is 53.3 Å². The number of ether oxygens (including phenoxy) is 3. The molecular weight excluding hydrogens is 622 g/mol. The van der Waals surface area contributed by atoms with Gasteiger partial charge in [-0.15, -0.1) is 0 Å². The monoisotopic (exact) mass is 654 g/mol. The second-order valence-electron chi connectivity index (χ2n) is 9.94. The molecule has 1 aliphatic heterocycles. The van der Waals surface area contributed by atoms with Gasteiger partial charge in [0.05, 0.1) is 25.0 Å². The lowest BCUT2D eigenvalue weighted by Gasteiger charge is -2.35. The van der Waals surface area contributed by atoms with Gasteiger partial charge in [-0.25, -0.2) is 23.7 Å². The van der Waals surface area contributed by atoms with Crippen LogP contribution in [0.5, 0.6) is 0 Å². The normalized spacial score (nSPS) is 23.8. The third-order valence-corrected chi connectivity index (χ3v) is 8.54. The Hall–Kier alpha value is -2.28. The molecule has 1 aliphatic rings. The highest BCUT2D eigenvalue weighted by molar-refractivity contribution is 8.10. The molecule has 0 bridgehead atoms. The number of aliphatic hydroxyl groups excluding tert-OH is 1. The first kappa shape index (κ1) is 35.9. The fourth-order valence-corrected chi connectivity index (χ4v) is 6.57. The van der Waals surface area contributed by atoms with Crippen LogP contribution < -0.4 is 21.4 Å². The van der Waals surface area contributed by atoms with Gasteiger partial charge in [0.1, 0.15) is 12.1 Å². The van der Waals surface area contributed by atoms with E-state index in [0.29, 0.717) is 0 Å². The summed E-state index contributed by atoms with van der Waals surface area (Å²) >= 11 is 5.40. The predicted octanol–water partition coefficient (Wildman–Crippen LogP) is 1.31. The number of hydrogen-bond acceptors (Lipinski definition) is 10. The van der Waals surface area contributed by atoms with Crippen molar-refractivity contribution < 1.29 is 55.4 Å². The van der Waals surface area contributed by atoms with E-state index < -0.39 is 96.8 Å². The van der Waals surface area contributed by atoms with Gasteiger partial charge < -0.3 is 23.8 Å². The number of H-pyrrole nitrogens is 1. The highest BCUT2D eigenvalue weighted by Crippen LogP contribution is 2.52. The average molecular weight is 655 g/mol. The van der Waals surface area contributed by atoms with Crippen LogP contribution in [0.4, 0.5) is 22.0 Å². The maximum Gasteiger partial charge on any atom is 0.330 e. The number of nitrogens with zero attached hydrogens (tertiary/aromatic N) is 1. The molecule has 0 saturated carbocycles. The molecule has 240 valence electrons. The molecule has 0 radical (unpaired) electrons. The predicted molar refractivity (Wildman–Crippen MR) is 139 cm³/mol. The number of carbonyl (C=O) groups is 2. The van der Waals surface area contributed by atoms with Gasteiger partial charge in [-0.3, -0.25) is 23.9 Å². The van der Waals surface area contributed by atoms with E-state index in [0.717, 1.165) is 0 Å². The highest BCUT2D eigenvalue weighted by atomic mass is 32.4. The van der Waals surface area contributed by atoms with Crippen molar-refractivity contribution >= 4 is 30.3 Å². The minimum Gasteiger partial charge on any atom is -0.462 e. The third kappa shape index (κ3) is 8.00. The number of alkyl halides is 4. The lowest BCUT2D eigenvalue weighted by atomic mass is 9.96. The molecule has 20 heteroatoms. The van der Waals surface area contributed by atoms with Gasteiger partial charge in [0.15, 0.2) is 18.3 Å². The summed E-state index contributed by atoms with van der Waals surface area (Å²) in [6.07, 6.45) is -11.5. The molecule has 2 rings (SSSR count). The summed E-state index contributed by atoms with van der Waals surface area (Å²) in [6.45, 7) is 3.05. The van der Waals surface area contributed by atoms with E-state index in [4.69, 9.17) is 30.5 Å². The fourth-order valence-electron chi connectivity index (χ4n) is 3.62. The molecule has 13 nitrogen and oxygen atoms in total. The van der Waals surface area contributed by atoms with E-state index in [1.165, 1.54) is 18.8 Å². The van der Waals surface area contributed by atoms with Gasteiger partial charge >= 0.3 is 23.6 Å². The zero-order valence-corrected chi connectivity index (χ0v) is 24.9. The van der Waals surface area contributed by atoms with Crippen LogP contribution in [0.15, 0.2) is 15.8 Å². The van der Waals surface area contributed by atoms with E-state index in [1.54, 1.807) is 27.7 Å². The van der Waals surface area contributed by atoms with E-state index >= 15 is 8.78 Å². The van der Waals surface area contributed by atoms with Gasteiger partial charge in [0.2, 0.25) is 12.0 Å². The van der Waals surface area contributed by atoms with Gasteiger partial charge in [0.25, 0.3) is 12.0 Å². The Labute approximate surface area is 241 Å². The summed E-state index contributed by atoms with van der Waals surface area (Å²) in [5, 5.41) is 15.4. The van der Waals surface area contributed by atoms with Crippen LogP contribution in [0.1, 0.15) is 47.8 Å². The lowest BCUT2D eigenvalue weighted by molar-refractivity contribution is -0.192. The van der Waals surface area contributed by atoms with Gasteiger partial charge in [0, 0.05) is 0 Å². The van der Waals surface area contributed by atoms with Crippen LogP contribution in [0.3, 0.4) is 0 Å². The van der Waals surface area contributed by atoms with Crippen molar-refractivity contribution in [3.63, 3.8) is 0 Å². The number of esters is 2. The molecule has 2 heterocycles. The Balaban J connectivity index is 2.48. The summed E-state index contributed by atoms with van der Waals surface area (Å²) in [7, 11) is 0. The zero-order chi connectivity index (χ0) is 32.4. The molecular formula is C22H32F5N4O9PS. The second kappa shape index (κ2) is 13.6. The molecule has 4 N–H and O–H groups in total. The number of aliphatic hydroxyl groups is 1. The molecule has 0 aromatic carbocycles. The maximum absolute atomic E-state index is 15.1. The molecule has 1 aromatic heterocycles. The minimum atomic E-state index is -4.67.